The van der Waals surface area contributed by atoms with Crippen molar-refractivity contribution >= 4 is 5.91 Å². The standard InChI is InChI=1S/C24H23NO3/c1-27-25-24(26)23-9-5-3-7-19(23)16-28-20-13-10-18(11-14-20)22-15-12-17-6-2-4-8-21(17)22/h2-11,13-14,22H,12,15-16H2,1H3,(H,25,26). The summed E-state index contributed by atoms with van der Waals surface area (Å²) in [6, 6.07) is 24.4. The van der Waals surface area contributed by atoms with Gasteiger partial charge in [0, 0.05) is 17.0 Å². The monoisotopic (exact) mass is 373 g/mol. The van der Waals surface area contributed by atoms with Crippen molar-refractivity contribution in [3.8, 4) is 5.75 Å². The van der Waals surface area contributed by atoms with Crippen LogP contribution < -0.4 is 10.2 Å². The lowest BCUT2D eigenvalue weighted by molar-refractivity contribution is 0.0535. The van der Waals surface area contributed by atoms with Gasteiger partial charge in [-0.15, -0.1) is 0 Å². The van der Waals surface area contributed by atoms with Crippen LogP contribution in [0.15, 0.2) is 72.8 Å². The Morgan fingerprint density at radius 3 is 2.57 bits per heavy atom. The van der Waals surface area contributed by atoms with E-state index in [0.717, 1.165) is 24.2 Å². The van der Waals surface area contributed by atoms with Crippen LogP contribution in [0.5, 0.6) is 5.75 Å². The highest BCUT2D eigenvalue weighted by atomic mass is 16.6. The van der Waals surface area contributed by atoms with Crippen molar-refractivity contribution in [3.05, 3.63) is 101 Å². The van der Waals surface area contributed by atoms with Crippen molar-refractivity contribution in [3.63, 3.8) is 0 Å². The predicted octanol–water partition coefficient (Wildman–Crippen LogP) is 4.63. The third-order valence-electron chi connectivity index (χ3n) is 5.27. The maximum atomic E-state index is 12.1. The fourth-order valence-electron chi connectivity index (χ4n) is 3.88. The third kappa shape index (κ3) is 3.78. The Morgan fingerprint density at radius 2 is 1.75 bits per heavy atom. The first kappa shape index (κ1) is 18.3. The second-order valence-corrected chi connectivity index (χ2v) is 6.94. The Labute approximate surface area is 165 Å². The highest BCUT2D eigenvalue weighted by Gasteiger charge is 2.23. The summed E-state index contributed by atoms with van der Waals surface area (Å²) in [7, 11) is 1.42. The smallest absolute Gasteiger partial charge is 0.275 e. The fraction of sp³-hybridized carbons (Fsp3) is 0.208. The summed E-state index contributed by atoms with van der Waals surface area (Å²) in [6.07, 6.45) is 2.29. The van der Waals surface area contributed by atoms with Crippen LogP contribution in [-0.4, -0.2) is 13.0 Å². The number of ether oxygens (including phenoxy) is 1. The van der Waals surface area contributed by atoms with Crippen LogP contribution in [0.2, 0.25) is 0 Å². The van der Waals surface area contributed by atoms with E-state index < -0.39 is 0 Å². The van der Waals surface area contributed by atoms with Gasteiger partial charge in [0.15, 0.2) is 0 Å². The van der Waals surface area contributed by atoms with E-state index in [4.69, 9.17) is 9.57 Å². The third-order valence-corrected chi connectivity index (χ3v) is 5.27. The zero-order valence-corrected chi connectivity index (χ0v) is 15.9. The number of benzene rings is 3. The number of aryl methyl sites for hydroxylation is 1. The molecule has 4 rings (SSSR count). The minimum atomic E-state index is -0.281. The number of amides is 1. The van der Waals surface area contributed by atoms with Gasteiger partial charge in [-0.25, -0.2) is 5.48 Å². The van der Waals surface area contributed by atoms with E-state index in [9.17, 15) is 4.79 Å². The lowest BCUT2D eigenvalue weighted by Gasteiger charge is -2.14. The molecule has 0 spiro atoms. The van der Waals surface area contributed by atoms with Gasteiger partial charge in [0.25, 0.3) is 5.91 Å². The highest BCUT2D eigenvalue weighted by molar-refractivity contribution is 5.94. The fourth-order valence-corrected chi connectivity index (χ4v) is 3.88. The lowest BCUT2D eigenvalue weighted by Crippen LogP contribution is -2.23. The molecule has 0 saturated heterocycles. The van der Waals surface area contributed by atoms with Crippen molar-refractivity contribution in [1.29, 1.82) is 0 Å². The summed E-state index contributed by atoms with van der Waals surface area (Å²) in [5.74, 6) is 0.970. The molecule has 1 aliphatic carbocycles. The molecule has 3 aromatic carbocycles. The molecule has 0 radical (unpaired) electrons. The zero-order valence-electron chi connectivity index (χ0n) is 15.9. The number of nitrogens with one attached hydrogen (secondary N) is 1. The Balaban J connectivity index is 1.45. The highest BCUT2D eigenvalue weighted by Crippen LogP contribution is 2.38. The zero-order chi connectivity index (χ0) is 19.3. The molecule has 0 aromatic heterocycles. The minimum Gasteiger partial charge on any atom is -0.489 e. The topological polar surface area (TPSA) is 47.6 Å². The number of rotatable bonds is 6. The van der Waals surface area contributed by atoms with E-state index in [1.165, 1.54) is 23.8 Å². The van der Waals surface area contributed by atoms with Crippen LogP contribution in [-0.2, 0) is 17.9 Å². The number of carbonyl (C=O) groups is 1. The van der Waals surface area contributed by atoms with Gasteiger partial charge in [-0.3, -0.25) is 9.63 Å². The number of hydrogen-bond acceptors (Lipinski definition) is 3. The molecule has 1 amide bonds. The van der Waals surface area contributed by atoms with E-state index in [1.54, 1.807) is 6.07 Å². The predicted molar refractivity (Wildman–Crippen MR) is 108 cm³/mol. The SMILES string of the molecule is CONC(=O)c1ccccc1COc1ccc(C2CCc3ccccc32)cc1. The molecule has 0 aliphatic heterocycles. The largest absolute Gasteiger partial charge is 0.489 e. The van der Waals surface area contributed by atoms with E-state index in [-0.39, 0.29) is 5.91 Å². The van der Waals surface area contributed by atoms with Crippen molar-refractivity contribution in [2.24, 2.45) is 0 Å². The molecule has 1 N–H and O–H groups in total. The molecule has 0 saturated carbocycles. The van der Waals surface area contributed by atoms with Crippen molar-refractivity contribution < 1.29 is 14.4 Å². The summed E-state index contributed by atoms with van der Waals surface area (Å²) in [5.41, 5.74) is 7.92. The average molecular weight is 373 g/mol. The summed E-state index contributed by atoms with van der Waals surface area (Å²) in [5, 5.41) is 0. The van der Waals surface area contributed by atoms with Gasteiger partial charge < -0.3 is 4.74 Å². The molecule has 142 valence electrons. The van der Waals surface area contributed by atoms with Gasteiger partial charge in [-0.2, -0.15) is 0 Å². The maximum absolute atomic E-state index is 12.1. The number of hydrogen-bond donors (Lipinski definition) is 1. The number of fused-ring (bicyclic) bond motifs is 1. The van der Waals surface area contributed by atoms with Crippen LogP contribution in [0.3, 0.4) is 0 Å². The summed E-state index contributed by atoms with van der Waals surface area (Å²) in [4.78, 5) is 16.8. The average Bonchev–Trinajstić information content (AvgIpc) is 3.17. The molecule has 4 nitrogen and oxygen atoms in total. The van der Waals surface area contributed by atoms with Crippen molar-refractivity contribution in [1.82, 2.24) is 5.48 Å². The van der Waals surface area contributed by atoms with E-state index in [1.807, 2.05) is 30.3 Å². The van der Waals surface area contributed by atoms with Crippen molar-refractivity contribution in [2.75, 3.05) is 7.11 Å². The maximum Gasteiger partial charge on any atom is 0.275 e. The Bertz CT molecular complexity index is 966. The van der Waals surface area contributed by atoms with Gasteiger partial charge in [-0.1, -0.05) is 54.6 Å². The van der Waals surface area contributed by atoms with Gasteiger partial charge in [-0.05, 0) is 47.7 Å². The molecule has 1 atom stereocenters. The van der Waals surface area contributed by atoms with E-state index in [0.29, 0.717) is 18.1 Å². The van der Waals surface area contributed by atoms with Crippen LogP contribution in [0.25, 0.3) is 0 Å². The molecular weight excluding hydrogens is 350 g/mol. The molecule has 1 aliphatic rings. The Hall–Kier alpha value is -3.11. The summed E-state index contributed by atoms with van der Waals surface area (Å²) in [6.45, 7) is 0.318. The van der Waals surface area contributed by atoms with Gasteiger partial charge in [0.1, 0.15) is 12.4 Å². The minimum absolute atomic E-state index is 0.281. The molecule has 28 heavy (non-hydrogen) atoms. The molecule has 4 heteroatoms. The molecule has 0 fully saturated rings. The number of carbonyl (C=O) groups excluding carboxylic acids is 1. The molecule has 1 unspecified atom stereocenters. The second kappa shape index (κ2) is 8.28. The first-order chi connectivity index (χ1) is 13.8. The number of hydroxylamine groups is 1. The van der Waals surface area contributed by atoms with Crippen LogP contribution >= 0.6 is 0 Å². The normalized spacial score (nSPS) is 15.1. The Morgan fingerprint density at radius 1 is 1.00 bits per heavy atom. The van der Waals surface area contributed by atoms with E-state index in [2.05, 4.69) is 41.9 Å². The van der Waals surface area contributed by atoms with Gasteiger partial charge >= 0.3 is 0 Å². The quantitative estimate of drug-likeness (QED) is 0.641. The molecule has 0 heterocycles. The first-order valence-corrected chi connectivity index (χ1v) is 9.48. The van der Waals surface area contributed by atoms with Crippen molar-refractivity contribution in [2.45, 2.75) is 25.4 Å². The lowest BCUT2D eigenvalue weighted by atomic mass is 9.93. The van der Waals surface area contributed by atoms with Gasteiger partial charge in [0.2, 0.25) is 0 Å². The molecular formula is C24H23NO3. The molecule has 3 aromatic rings. The van der Waals surface area contributed by atoms with E-state index >= 15 is 0 Å². The Kier molecular flexibility index (Phi) is 5.40. The summed E-state index contributed by atoms with van der Waals surface area (Å²) >= 11 is 0. The second-order valence-electron chi connectivity index (χ2n) is 6.94. The molecule has 0 bridgehead atoms. The van der Waals surface area contributed by atoms with Crippen LogP contribution in [0.1, 0.15) is 45.0 Å². The summed E-state index contributed by atoms with van der Waals surface area (Å²) < 4.78 is 5.93. The van der Waals surface area contributed by atoms with Crippen LogP contribution in [0, 0.1) is 0 Å². The van der Waals surface area contributed by atoms with Crippen LogP contribution in [0.4, 0.5) is 0 Å². The van der Waals surface area contributed by atoms with Gasteiger partial charge in [0.05, 0.1) is 7.11 Å². The first-order valence-electron chi connectivity index (χ1n) is 9.48.